The number of hydrogen-bond donors (Lipinski definition) is 1. The summed E-state index contributed by atoms with van der Waals surface area (Å²) in [5.41, 5.74) is 3.81. The summed E-state index contributed by atoms with van der Waals surface area (Å²) in [6.45, 7) is 5.75. The van der Waals surface area contributed by atoms with E-state index in [4.69, 9.17) is 0 Å². The van der Waals surface area contributed by atoms with E-state index in [-0.39, 0.29) is 11.1 Å². The average molecular weight is 372 g/mol. The van der Waals surface area contributed by atoms with Crippen LogP contribution in [0.1, 0.15) is 32.6 Å². The van der Waals surface area contributed by atoms with Crippen LogP contribution in [0.2, 0.25) is 0 Å². The van der Waals surface area contributed by atoms with Crippen LogP contribution in [0.5, 0.6) is 0 Å². The summed E-state index contributed by atoms with van der Waals surface area (Å²) in [5.74, 6) is -0.192. The van der Waals surface area contributed by atoms with Gasteiger partial charge in [-0.1, -0.05) is 35.9 Å². The van der Waals surface area contributed by atoms with Gasteiger partial charge in [0.15, 0.2) is 5.78 Å². The van der Waals surface area contributed by atoms with Crippen molar-refractivity contribution in [3.63, 3.8) is 0 Å². The van der Waals surface area contributed by atoms with Crippen molar-refractivity contribution in [1.29, 1.82) is 0 Å². The van der Waals surface area contributed by atoms with Gasteiger partial charge in [-0.05, 0) is 38.0 Å². The van der Waals surface area contributed by atoms with Crippen LogP contribution in [-0.2, 0) is 4.57 Å². The van der Waals surface area contributed by atoms with Gasteiger partial charge in [0.25, 0.3) is 0 Å². The van der Waals surface area contributed by atoms with Gasteiger partial charge in [0.1, 0.15) is 0 Å². The van der Waals surface area contributed by atoms with E-state index in [1.54, 1.807) is 18.2 Å². The number of rotatable bonds is 3. The molecule has 0 radical (unpaired) electrons. The second-order valence-electron chi connectivity index (χ2n) is 6.61. The van der Waals surface area contributed by atoms with Gasteiger partial charge in [0, 0.05) is 16.4 Å². The molecular weight excluding hydrogens is 350 g/mol. The van der Waals surface area contributed by atoms with Crippen LogP contribution in [0.4, 0.5) is 0 Å². The normalized spacial score (nSPS) is 11.3. The Labute approximate surface area is 170 Å². The van der Waals surface area contributed by atoms with Crippen molar-refractivity contribution in [2.75, 3.05) is 0 Å². The van der Waals surface area contributed by atoms with Gasteiger partial charge in [0.2, 0.25) is 8.03 Å². The summed E-state index contributed by atoms with van der Waals surface area (Å²) in [6, 6.07) is 20.7. The van der Waals surface area contributed by atoms with Crippen molar-refractivity contribution in [3.8, 4) is 0 Å². The molecule has 0 aromatic heterocycles. The quantitative estimate of drug-likeness (QED) is 0.436. The molecule has 1 N–H and O–H groups in total. The molecule has 3 rings (SSSR count). The number of carbonyl (C=O) groups is 1. The standard InChI is InChI=1S/C16H17O3P.C6H5.Li/c1-10-8-11(2)15(12(3)9-10)16(17)13-6-4-5-7-14(13)20(18)19;1-2-4-6-5-3-1;/h4-9,20H,1-3H3,(H,18,19);1-5H;. The van der Waals surface area contributed by atoms with Crippen LogP contribution in [-0.4, -0.2) is 28.4 Å². The summed E-state index contributed by atoms with van der Waals surface area (Å²) < 4.78 is 12.7. The van der Waals surface area contributed by atoms with Gasteiger partial charge >= 0.3 is 52.3 Å². The van der Waals surface area contributed by atoms with Crippen LogP contribution in [0.25, 0.3) is 0 Å². The molecule has 0 saturated carbocycles. The topological polar surface area (TPSA) is 54.4 Å². The second kappa shape index (κ2) is 9.88. The van der Waals surface area contributed by atoms with Crippen molar-refractivity contribution in [2.24, 2.45) is 0 Å². The Morgan fingerprint density at radius 1 is 0.889 bits per heavy atom. The minimum atomic E-state index is -2.90. The monoisotopic (exact) mass is 372 g/mol. The Morgan fingerprint density at radius 2 is 1.41 bits per heavy atom. The molecule has 3 nitrogen and oxygen atoms in total. The molecule has 0 heterocycles. The van der Waals surface area contributed by atoms with Crippen molar-refractivity contribution in [1.82, 2.24) is 0 Å². The van der Waals surface area contributed by atoms with Crippen LogP contribution < -0.4 is 9.54 Å². The third-order valence-electron chi connectivity index (χ3n) is 4.25. The minimum absolute atomic E-state index is 0.192. The van der Waals surface area contributed by atoms with Crippen LogP contribution in [0, 0.1) is 20.8 Å². The predicted molar refractivity (Wildman–Crippen MR) is 113 cm³/mol. The maximum atomic E-state index is 12.7. The first kappa shape index (κ1) is 21.4. The molecule has 3 aromatic carbocycles. The molecule has 0 fully saturated rings. The molecule has 1 atom stereocenters. The first-order valence-corrected chi connectivity index (χ1v) is 10.1. The van der Waals surface area contributed by atoms with Crippen molar-refractivity contribution < 1.29 is 14.3 Å². The summed E-state index contributed by atoms with van der Waals surface area (Å²) >= 11 is 2.08. The van der Waals surface area contributed by atoms with E-state index in [0.29, 0.717) is 11.1 Å². The Bertz CT molecular complexity index is 945. The number of aryl methyl sites for hydroxylation is 3. The zero-order valence-electron chi connectivity index (χ0n) is 16.1. The van der Waals surface area contributed by atoms with Crippen LogP contribution in [0.3, 0.4) is 0 Å². The van der Waals surface area contributed by atoms with Gasteiger partial charge in [0.05, 0.1) is 0 Å². The maximum absolute atomic E-state index is 12.7. The first-order chi connectivity index (χ1) is 12.8. The molecule has 3 aromatic rings. The van der Waals surface area contributed by atoms with Crippen LogP contribution >= 0.6 is 8.03 Å². The predicted octanol–water partition coefficient (Wildman–Crippen LogP) is 3.42. The fourth-order valence-electron chi connectivity index (χ4n) is 3.07. The summed E-state index contributed by atoms with van der Waals surface area (Å²) in [4.78, 5) is 22.1. The molecule has 0 aliphatic rings. The van der Waals surface area contributed by atoms with Gasteiger partial charge < -0.3 is 4.89 Å². The third-order valence-corrected chi connectivity index (χ3v) is 5.14. The van der Waals surface area contributed by atoms with Crippen LogP contribution in [0.15, 0.2) is 66.7 Å². The van der Waals surface area contributed by atoms with Gasteiger partial charge in [-0.25, -0.2) is 0 Å². The number of benzene rings is 3. The van der Waals surface area contributed by atoms with E-state index in [1.165, 1.54) is 10.3 Å². The van der Waals surface area contributed by atoms with Crippen molar-refractivity contribution in [3.05, 3.63) is 94.5 Å². The molecule has 5 heteroatoms. The Kier molecular flexibility index (Phi) is 7.84. The first-order valence-electron chi connectivity index (χ1n) is 8.77. The molecule has 0 aliphatic carbocycles. The van der Waals surface area contributed by atoms with Crippen molar-refractivity contribution >= 4 is 41.1 Å². The fourth-order valence-corrected chi connectivity index (χ4v) is 3.74. The van der Waals surface area contributed by atoms with E-state index >= 15 is 0 Å². The Hall–Kier alpha value is -1.88. The third kappa shape index (κ3) is 5.80. The molecule has 0 aliphatic heterocycles. The molecule has 1 unspecified atom stereocenters. The van der Waals surface area contributed by atoms with Crippen molar-refractivity contribution in [2.45, 2.75) is 20.8 Å². The zero-order valence-corrected chi connectivity index (χ0v) is 17.1. The second-order valence-corrected chi connectivity index (χ2v) is 7.76. The summed E-state index contributed by atoms with van der Waals surface area (Å²) in [5, 5.41) is 0.224. The average Bonchev–Trinajstić information content (AvgIpc) is 2.62. The molecule has 0 spiro atoms. The molecule has 27 heavy (non-hydrogen) atoms. The molecule has 134 valence electrons. The molecular formula is C22H22LiO3P. The SMILES string of the molecule is Cc1cc(C)c(C(=O)c2ccccc2[PH](=O)O)c(C)c1.[Li][c]1ccccc1. The molecule has 0 bridgehead atoms. The van der Waals surface area contributed by atoms with E-state index in [2.05, 4.69) is 29.8 Å². The Morgan fingerprint density at radius 3 is 1.89 bits per heavy atom. The van der Waals surface area contributed by atoms with E-state index in [9.17, 15) is 14.3 Å². The van der Waals surface area contributed by atoms with E-state index in [1.807, 2.05) is 51.1 Å². The zero-order chi connectivity index (χ0) is 20.0. The van der Waals surface area contributed by atoms with Gasteiger partial charge in [-0.15, -0.1) is 0 Å². The Balaban J connectivity index is 0.000000313. The number of hydrogen-bond acceptors (Lipinski definition) is 2. The van der Waals surface area contributed by atoms with E-state index < -0.39 is 8.03 Å². The van der Waals surface area contributed by atoms with E-state index in [0.717, 1.165) is 16.7 Å². The fraction of sp³-hybridized carbons (Fsp3) is 0.136. The molecule has 0 amide bonds. The number of carbonyl (C=O) groups excluding carboxylic acids is 1. The van der Waals surface area contributed by atoms with Gasteiger partial charge in [-0.2, -0.15) is 0 Å². The summed E-state index contributed by atoms with van der Waals surface area (Å²) in [7, 11) is -2.90. The summed E-state index contributed by atoms with van der Waals surface area (Å²) in [6.07, 6.45) is 0. The van der Waals surface area contributed by atoms with Gasteiger partial charge in [-0.3, -0.25) is 9.36 Å². The number of ketones is 1. The molecule has 0 saturated heterocycles.